The molecule has 0 aliphatic carbocycles. The summed E-state index contributed by atoms with van der Waals surface area (Å²) in [6, 6.07) is 8.05. The largest absolute Gasteiger partial charge is 0.326 e. The van der Waals surface area contributed by atoms with Gasteiger partial charge in [-0.25, -0.2) is 0 Å². The molecule has 1 N–H and O–H groups in total. The Kier molecular flexibility index (Phi) is 7.64. The third kappa shape index (κ3) is 6.80. The van der Waals surface area contributed by atoms with Crippen LogP contribution in [-0.4, -0.2) is 5.91 Å². The first-order valence-electron chi connectivity index (χ1n) is 7.09. The Morgan fingerprint density at radius 3 is 2.63 bits per heavy atom. The standard InChI is InChI=1S/C17H24NO/c1-3-5-7-8-9-15-11-13-16(14-12-15)18-17(19)10-6-4-2/h7-8,11-14H,1,3-6,9-10H2,2H3,(H,18,19)/b8-7+. The van der Waals surface area contributed by atoms with E-state index < -0.39 is 0 Å². The molecule has 0 aliphatic heterocycles. The molecular weight excluding hydrogens is 234 g/mol. The fraction of sp³-hybridized carbons (Fsp3) is 0.412. The van der Waals surface area contributed by atoms with Crippen LogP contribution in [0.2, 0.25) is 0 Å². The van der Waals surface area contributed by atoms with Crippen LogP contribution in [-0.2, 0) is 11.2 Å². The number of carbonyl (C=O) groups excluding carboxylic acids is 1. The molecule has 1 aromatic carbocycles. The lowest BCUT2D eigenvalue weighted by Crippen LogP contribution is -2.10. The van der Waals surface area contributed by atoms with Gasteiger partial charge in [0, 0.05) is 12.1 Å². The Bertz CT molecular complexity index is 392. The zero-order chi connectivity index (χ0) is 13.9. The molecule has 2 nitrogen and oxygen atoms in total. The van der Waals surface area contributed by atoms with Crippen LogP contribution in [0.25, 0.3) is 0 Å². The molecule has 1 aromatic rings. The van der Waals surface area contributed by atoms with E-state index in [0.717, 1.165) is 37.8 Å². The second kappa shape index (κ2) is 9.37. The van der Waals surface area contributed by atoms with E-state index >= 15 is 0 Å². The molecule has 103 valence electrons. The first kappa shape index (κ1) is 15.5. The summed E-state index contributed by atoms with van der Waals surface area (Å²) < 4.78 is 0. The number of hydrogen-bond donors (Lipinski definition) is 1. The lowest BCUT2D eigenvalue weighted by molar-refractivity contribution is -0.116. The fourth-order valence-corrected chi connectivity index (χ4v) is 1.74. The van der Waals surface area contributed by atoms with Gasteiger partial charge in [-0.2, -0.15) is 0 Å². The van der Waals surface area contributed by atoms with Crippen molar-refractivity contribution in [2.24, 2.45) is 0 Å². The molecule has 0 atom stereocenters. The highest BCUT2D eigenvalue weighted by Gasteiger charge is 2.01. The second-order valence-corrected chi connectivity index (χ2v) is 4.67. The van der Waals surface area contributed by atoms with Crippen LogP contribution in [0.5, 0.6) is 0 Å². The highest BCUT2D eigenvalue weighted by atomic mass is 16.1. The zero-order valence-electron chi connectivity index (χ0n) is 11.8. The first-order valence-corrected chi connectivity index (χ1v) is 7.09. The van der Waals surface area contributed by atoms with Crippen molar-refractivity contribution in [3.8, 4) is 0 Å². The smallest absolute Gasteiger partial charge is 0.224 e. The normalized spacial score (nSPS) is 10.8. The number of rotatable bonds is 8. The third-order valence-electron chi connectivity index (χ3n) is 2.89. The minimum atomic E-state index is 0.102. The van der Waals surface area contributed by atoms with Crippen LogP contribution >= 0.6 is 0 Å². The van der Waals surface area contributed by atoms with E-state index in [0.29, 0.717) is 6.42 Å². The van der Waals surface area contributed by atoms with Crippen LogP contribution in [0.3, 0.4) is 0 Å². The number of anilines is 1. The minimum absolute atomic E-state index is 0.102. The number of unbranched alkanes of at least 4 members (excludes halogenated alkanes) is 2. The predicted molar refractivity (Wildman–Crippen MR) is 82.0 cm³/mol. The van der Waals surface area contributed by atoms with Gasteiger partial charge in [0.2, 0.25) is 5.91 Å². The van der Waals surface area contributed by atoms with Crippen molar-refractivity contribution in [1.82, 2.24) is 0 Å². The first-order chi connectivity index (χ1) is 9.26. The topological polar surface area (TPSA) is 29.1 Å². The van der Waals surface area contributed by atoms with Gasteiger partial charge in [-0.3, -0.25) is 4.79 Å². The third-order valence-corrected chi connectivity index (χ3v) is 2.89. The summed E-state index contributed by atoms with van der Waals surface area (Å²) in [7, 11) is 0. The Hall–Kier alpha value is -1.57. The Labute approximate surface area is 116 Å². The van der Waals surface area contributed by atoms with E-state index in [9.17, 15) is 4.79 Å². The molecular formula is C17H24NO. The minimum Gasteiger partial charge on any atom is -0.326 e. The second-order valence-electron chi connectivity index (χ2n) is 4.67. The van der Waals surface area contributed by atoms with E-state index in [1.165, 1.54) is 5.56 Å². The van der Waals surface area contributed by atoms with E-state index in [4.69, 9.17) is 0 Å². The van der Waals surface area contributed by atoms with Gasteiger partial charge in [-0.05, 0) is 43.4 Å². The molecule has 0 heterocycles. The Balaban J connectivity index is 2.40. The average Bonchev–Trinajstić information content (AvgIpc) is 2.43. The molecule has 1 amide bonds. The van der Waals surface area contributed by atoms with Crippen LogP contribution in [0, 0.1) is 6.92 Å². The van der Waals surface area contributed by atoms with Gasteiger partial charge in [-0.15, -0.1) is 0 Å². The van der Waals surface area contributed by atoms with Crippen molar-refractivity contribution in [3.05, 3.63) is 48.9 Å². The molecule has 0 spiro atoms. The number of amides is 1. The summed E-state index contributed by atoms with van der Waals surface area (Å²) in [5.74, 6) is 0.102. The maximum atomic E-state index is 11.6. The van der Waals surface area contributed by atoms with Crippen molar-refractivity contribution >= 4 is 11.6 Å². The predicted octanol–water partition coefficient (Wildman–Crippen LogP) is 4.53. The molecule has 0 unspecified atom stereocenters. The van der Waals surface area contributed by atoms with Gasteiger partial charge in [0.15, 0.2) is 0 Å². The van der Waals surface area contributed by atoms with Gasteiger partial charge >= 0.3 is 0 Å². The molecule has 0 saturated carbocycles. The number of nitrogens with one attached hydrogen (secondary N) is 1. The summed E-state index contributed by atoms with van der Waals surface area (Å²) in [6.07, 6.45) is 9.83. The highest BCUT2D eigenvalue weighted by molar-refractivity contribution is 5.90. The molecule has 1 rings (SSSR count). The van der Waals surface area contributed by atoms with Gasteiger partial charge in [0.25, 0.3) is 0 Å². The van der Waals surface area contributed by atoms with Crippen LogP contribution in [0.15, 0.2) is 36.4 Å². The summed E-state index contributed by atoms with van der Waals surface area (Å²) in [6.45, 7) is 5.89. The Morgan fingerprint density at radius 2 is 2.00 bits per heavy atom. The molecule has 0 aliphatic rings. The van der Waals surface area contributed by atoms with E-state index in [1.54, 1.807) is 0 Å². The molecule has 19 heavy (non-hydrogen) atoms. The summed E-state index contributed by atoms with van der Waals surface area (Å²) in [4.78, 5) is 11.6. The number of benzene rings is 1. The van der Waals surface area contributed by atoms with Crippen LogP contribution < -0.4 is 5.32 Å². The SMILES string of the molecule is [CH2]CC/C=C/Cc1ccc(NC(=O)CCCC)cc1. The van der Waals surface area contributed by atoms with Crippen molar-refractivity contribution in [3.63, 3.8) is 0 Å². The van der Waals surface area contributed by atoms with Crippen molar-refractivity contribution in [2.75, 3.05) is 5.32 Å². The Morgan fingerprint density at radius 1 is 1.26 bits per heavy atom. The van der Waals surface area contributed by atoms with E-state index in [2.05, 4.69) is 43.4 Å². The number of hydrogen-bond acceptors (Lipinski definition) is 1. The molecule has 1 radical (unpaired) electrons. The summed E-state index contributed by atoms with van der Waals surface area (Å²) >= 11 is 0. The van der Waals surface area contributed by atoms with Gasteiger partial charge in [-0.1, -0.05) is 44.6 Å². The quantitative estimate of drug-likeness (QED) is 0.682. The lowest BCUT2D eigenvalue weighted by atomic mass is 10.1. The van der Waals surface area contributed by atoms with Crippen molar-refractivity contribution in [2.45, 2.75) is 45.4 Å². The molecule has 0 aromatic heterocycles. The van der Waals surface area contributed by atoms with Crippen LogP contribution in [0.4, 0.5) is 5.69 Å². The van der Waals surface area contributed by atoms with Gasteiger partial charge in [0.1, 0.15) is 0 Å². The maximum Gasteiger partial charge on any atom is 0.224 e. The number of carbonyl (C=O) groups is 1. The fourth-order valence-electron chi connectivity index (χ4n) is 1.74. The van der Waals surface area contributed by atoms with Crippen molar-refractivity contribution in [1.29, 1.82) is 0 Å². The van der Waals surface area contributed by atoms with Gasteiger partial charge in [0.05, 0.1) is 0 Å². The summed E-state index contributed by atoms with van der Waals surface area (Å²) in [5, 5.41) is 2.92. The average molecular weight is 258 g/mol. The molecule has 2 heteroatoms. The molecule has 0 fully saturated rings. The zero-order valence-corrected chi connectivity index (χ0v) is 11.8. The lowest BCUT2D eigenvalue weighted by Gasteiger charge is -2.05. The van der Waals surface area contributed by atoms with E-state index in [-0.39, 0.29) is 5.91 Å². The van der Waals surface area contributed by atoms with Gasteiger partial charge < -0.3 is 5.32 Å². The number of allylic oxidation sites excluding steroid dienone is 2. The van der Waals surface area contributed by atoms with E-state index in [1.807, 2.05) is 12.1 Å². The highest BCUT2D eigenvalue weighted by Crippen LogP contribution is 2.11. The maximum absolute atomic E-state index is 11.6. The summed E-state index contributed by atoms with van der Waals surface area (Å²) in [5.41, 5.74) is 2.14. The van der Waals surface area contributed by atoms with Crippen molar-refractivity contribution < 1.29 is 4.79 Å². The monoisotopic (exact) mass is 258 g/mol. The molecule has 0 saturated heterocycles. The van der Waals surface area contributed by atoms with Crippen LogP contribution in [0.1, 0.15) is 44.6 Å². The molecule has 0 bridgehead atoms.